The first kappa shape index (κ1) is 12.6. The second-order valence-electron chi connectivity index (χ2n) is 4.26. The van der Waals surface area contributed by atoms with Gasteiger partial charge in [0.1, 0.15) is 11.7 Å². The third-order valence-corrected chi connectivity index (χ3v) is 3.19. The molecule has 0 saturated heterocycles. The molecular weight excluding hydrogens is 232 g/mol. The fraction of sp³-hybridized carbons (Fsp3) is 0.429. The molecule has 0 amide bonds. The number of benzene rings is 1. The number of hydrogen-bond acceptors (Lipinski definition) is 4. The minimum atomic E-state index is -0.747. The minimum absolute atomic E-state index is 0.211. The lowest BCUT2D eigenvalue weighted by Gasteiger charge is -2.09. The van der Waals surface area contributed by atoms with E-state index in [0.29, 0.717) is 24.3 Å². The van der Waals surface area contributed by atoms with Crippen LogP contribution < -0.4 is 4.74 Å². The van der Waals surface area contributed by atoms with Crippen molar-refractivity contribution in [1.82, 2.24) is 0 Å². The molecule has 4 heteroatoms. The molecule has 1 aromatic rings. The second kappa shape index (κ2) is 5.21. The maximum Gasteiger partial charge on any atom is 0.316 e. The fourth-order valence-electron chi connectivity index (χ4n) is 2.08. The standard InChI is InChI=1S/C14H16O4/c1-3-9-4-5-10-12(8-9)18-7-6-11(13(10)15)14(16)17-2/h4-5,8,11H,3,6-7H2,1-2H3. The molecular formula is C14H16O4. The zero-order chi connectivity index (χ0) is 13.1. The van der Waals surface area contributed by atoms with Gasteiger partial charge in [0.2, 0.25) is 0 Å². The van der Waals surface area contributed by atoms with Gasteiger partial charge >= 0.3 is 5.97 Å². The Labute approximate surface area is 106 Å². The second-order valence-corrected chi connectivity index (χ2v) is 4.26. The van der Waals surface area contributed by atoms with Crippen LogP contribution in [0.25, 0.3) is 0 Å². The predicted molar refractivity (Wildman–Crippen MR) is 65.8 cm³/mol. The summed E-state index contributed by atoms with van der Waals surface area (Å²) in [5.74, 6) is -0.873. The number of Topliss-reactive ketones (excluding diaryl/α,β-unsaturated/α-hetero) is 1. The first-order chi connectivity index (χ1) is 8.67. The first-order valence-electron chi connectivity index (χ1n) is 6.05. The van der Waals surface area contributed by atoms with Crippen LogP contribution in [0, 0.1) is 5.92 Å². The number of fused-ring (bicyclic) bond motifs is 1. The largest absolute Gasteiger partial charge is 0.493 e. The molecule has 0 bridgehead atoms. The zero-order valence-corrected chi connectivity index (χ0v) is 10.6. The molecule has 1 unspecified atom stereocenters. The van der Waals surface area contributed by atoms with Crippen LogP contribution >= 0.6 is 0 Å². The summed E-state index contributed by atoms with van der Waals surface area (Å²) in [6, 6.07) is 5.49. The van der Waals surface area contributed by atoms with Gasteiger partial charge in [-0.2, -0.15) is 0 Å². The number of aryl methyl sites for hydroxylation is 1. The molecule has 0 spiro atoms. The highest BCUT2D eigenvalue weighted by molar-refractivity contribution is 6.10. The van der Waals surface area contributed by atoms with Crippen molar-refractivity contribution < 1.29 is 19.1 Å². The summed E-state index contributed by atoms with van der Waals surface area (Å²) in [6.07, 6.45) is 1.24. The van der Waals surface area contributed by atoms with E-state index in [1.54, 1.807) is 6.07 Å². The molecule has 18 heavy (non-hydrogen) atoms. The van der Waals surface area contributed by atoms with E-state index in [-0.39, 0.29) is 5.78 Å². The Hall–Kier alpha value is -1.84. The van der Waals surface area contributed by atoms with Crippen LogP contribution in [0.2, 0.25) is 0 Å². The molecule has 1 aliphatic heterocycles. The average molecular weight is 248 g/mol. The van der Waals surface area contributed by atoms with Crippen molar-refractivity contribution in [3.8, 4) is 5.75 Å². The van der Waals surface area contributed by atoms with Crippen LogP contribution in [-0.2, 0) is 16.0 Å². The van der Waals surface area contributed by atoms with Gasteiger partial charge in [-0.25, -0.2) is 0 Å². The van der Waals surface area contributed by atoms with E-state index in [2.05, 4.69) is 4.74 Å². The molecule has 0 N–H and O–H groups in total. The Morgan fingerprint density at radius 1 is 1.50 bits per heavy atom. The van der Waals surface area contributed by atoms with Crippen molar-refractivity contribution in [3.63, 3.8) is 0 Å². The lowest BCUT2D eigenvalue weighted by atomic mass is 9.94. The van der Waals surface area contributed by atoms with Gasteiger partial charge < -0.3 is 9.47 Å². The number of carbonyl (C=O) groups excluding carboxylic acids is 2. The minimum Gasteiger partial charge on any atom is -0.493 e. The molecule has 0 radical (unpaired) electrons. The monoisotopic (exact) mass is 248 g/mol. The maximum absolute atomic E-state index is 12.3. The van der Waals surface area contributed by atoms with Gasteiger partial charge in [-0.1, -0.05) is 13.0 Å². The van der Waals surface area contributed by atoms with Crippen LogP contribution in [0.4, 0.5) is 0 Å². The summed E-state index contributed by atoms with van der Waals surface area (Å²) in [6.45, 7) is 2.39. The molecule has 96 valence electrons. The van der Waals surface area contributed by atoms with Gasteiger partial charge in [0.05, 0.1) is 19.3 Å². The van der Waals surface area contributed by atoms with Crippen LogP contribution in [-0.4, -0.2) is 25.5 Å². The molecule has 1 aromatic carbocycles. The summed E-state index contributed by atoms with van der Waals surface area (Å²) >= 11 is 0. The van der Waals surface area contributed by atoms with E-state index in [4.69, 9.17) is 4.74 Å². The van der Waals surface area contributed by atoms with E-state index >= 15 is 0 Å². The SMILES string of the molecule is CCc1ccc2c(c1)OCCC(C(=O)OC)C2=O. The van der Waals surface area contributed by atoms with Crippen molar-refractivity contribution in [2.45, 2.75) is 19.8 Å². The Morgan fingerprint density at radius 3 is 2.94 bits per heavy atom. The summed E-state index contributed by atoms with van der Waals surface area (Å²) in [5, 5.41) is 0. The van der Waals surface area contributed by atoms with Crippen molar-refractivity contribution in [2.24, 2.45) is 5.92 Å². The van der Waals surface area contributed by atoms with Gasteiger partial charge in [-0.3, -0.25) is 9.59 Å². The highest BCUT2D eigenvalue weighted by Crippen LogP contribution is 2.28. The number of rotatable bonds is 2. The van der Waals surface area contributed by atoms with Gasteiger partial charge in [0.15, 0.2) is 5.78 Å². The Morgan fingerprint density at radius 2 is 2.28 bits per heavy atom. The molecule has 0 aliphatic carbocycles. The third kappa shape index (κ3) is 2.23. The summed E-state index contributed by atoms with van der Waals surface area (Å²) in [4.78, 5) is 23.8. The molecule has 0 saturated carbocycles. The number of ether oxygens (including phenoxy) is 2. The number of hydrogen-bond donors (Lipinski definition) is 0. The maximum atomic E-state index is 12.3. The number of esters is 1. The van der Waals surface area contributed by atoms with Gasteiger partial charge in [0.25, 0.3) is 0 Å². The van der Waals surface area contributed by atoms with Crippen molar-refractivity contribution in [1.29, 1.82) is 0 Å². The lowest BCUT2D eigenvalue weighted by Crippen LogP contribution is -2.25. The van der Waals surface area contributed by atoms with E-state index in [1.165, 1.54) is 7.11 Å². The van der Waals surface area contributed by atoms with E-state index in [1.807, 2.05) is 19.1 Å². The molecule has 1 heterocycles. The third-order valence-electron chi connectivity index (χ3n) is 3.19. The molecule has 2 rings (SSSR count). The normalized spacial score (nSPS) is 18.6. The van der Waals surface area contributed by atoms with Gasteiger partial charge in [-0.05, 0) is 24.1 Å². The van der Waals surface area contributed by atoms with Crippen LogP contribution in [0.1, 0.15) is 29.3 Å². The number of methoxy groups -OCH3 is 1. The average Bonchev–Trinajstić information content (AvgIpc) is 2.57. The predicted octanol–water partition coefficient (Wildman–Crippen LogP) is 2.00. The first-order valence-corrected chi connectivity index (χ1v) is 6.05. The van der Waals surface area contributed by atoms with Crippen molar-refractivity contribution >= 4 is 11.8 Å². The number of ketones is 1. The fourth-order valence-corrected chi connectivity index (χ4v) is 2.08. The van der Waals surface area contributed by atoms with Crippen molar-refractivity contribution in [3.05, 3.63) is 29.3 Å². The Balaban J connectivity index is 2.38. The Kier molecular flexibility index (Phi) is 3.65. The molecule has 4 nitrogen and oxygen atoms in total. The van der Waals surface area contributed by atoms with Gasteiger partial charge in [-0.15, -0.1) is 0 Å². The smallest absolute Gasteiger partial charge is 0.316 e. The quantitative estimate of drug-likeness (QED) is 0.593. The van der Waals surface area contributed by atoms with E-state index in [9.17, 15) is 9.59 Å². The molecule has 0 fully saturated rings. The Bertz CT molecular complexity index is 479. The molecule has 0 aromatic heterocycles. The molecule has 1 atom stereocenters. The van der Waals surface area contributed by atoms with E-state index in [0.717, 1.165) is 12.0 Å². The van der Waals surface area contributed by atoms with E-state index < -0.39 is 11.9 Å². The topological polar surface area (TPSA) is 52.6 Å². The van der Waals surface area contributed by atoms with Crippen molar-refractivity contribution in [2.75, 3.05) is 13.7 Å². The summed E-state index contributed by atoms with van der Waals surface area (Å²) in [7, 11) is 1.29. The molecule has 1 aliphatic rings. The van der Waals surface area contributed by atoms with Crippen LogP contribution in [0.15, 0.2) is 18.2 Å². The number of carbonyl (C=O) groups is 2. The van der Waals surface area contributed by atoms with Crippen LogP contribution in [0.5, 0.6) is 5.75 Å². The van der Waals surface area contributed by atoms with Crippen LogP contribution in [0.3, 0.4) is 0 Å². The van der Waals surface area contributed by atoms with Gasteiger partial charge in [0, 0.05) is 6.42 Å². The highest BCUT2D eigenvalue weighted by atomic mass is 16.5. The summed E-state index contributed by atoms with van der Waals surface area (Å²) < 4.78 is 10.2. The summed E-state index contributed by atoms with van der Waals surface area (Å²) in [5.41, 5.74) is 1.58. The zero-order valence-electron chi connectivity index (χ0n) is 10.6. The highest BCUT2D eigenvalue weighted by Gasteiger charge is 2.32. The lowest BCUT2D eigenvalue weighted by molar-refractivity contribution is -0.143.